The Balaban J connectivity index is 1.73. The first-order valence-electron chi connectivity index (χ1n) is 11.5. The van der Waals surface area contributed by atoms with E-state index in [-0.39, 0.29) is 11.7 Å². The second kappa shape index (κ2) is 10.8. The van der Waals surface area contributed by atoms with Gasteiger partial charge in [-0.3, -0.25) is 14.9 Å². The fourth-order valence-corrected chi connectivity index (χ4v) is 3.88. The van der Waals surface area contributed by atoms with Crippen molar-refractivity contribution in [1.29, 1.82) is 0 Å². The standard InChI is InChI=1S/C25H34N4O5/c1-7-29-21-9-8-19(33-11-10-26-22(17(5)30)25(32)34-15(2)3)13-20(21)27-23(29)18-12-16(4)24(31)28(6)14-18/h8-9,12-15,17,22,26,30H,7,10-11H2,1-6H3/t17-,22-/m0/s1. The highest BCUT2D eigenvalue weighted by atomic mass is 16.5. The van der Waals surface area contributed by atoms with Gasteiger partial charge in [0.25, 0.3) is 5.56 Å². The first kappa shape index (κ1) is 25.5. The number of rotatable bonds is 10. The van der Waals surface area contributed by atoms with Crippen LogP contribution in [0.2, 0.25) is 0 Å². The van der Waals surface area contributed by atoms with E-state index >= 15 is 0 Å². The zero-order valence-electron chi connectivity index (χ0n) is 20.7. The Morgan fingerprint density at radius 2 is 1.97 bits per heavy atom. The third-order valence-corrected chi connectivity index (χ3v) is 5.48. The zero-order chi connectivity index (χ0) is 25.0. The number of carbonyl (C=O) groups excluding carboxylic acids is 1. The number of ether oxygens (including phenoxy) is 2. The summed E-state index contributed by atoms with van der Waals surface area (Å²) in [5.74, 6) is 0.952. The number of pyridine rings is 1. The number of benzene rings is 1. The lowest BCUT2D eigenvalue weighted by atomic mass is 10.2. The molecular formula is C25H34N4O5. The molecule has 0 fully saturated rings. The molecule has 3 aromatic rings. The average molecular weight is 471 g/mol. The van der Waals surface area contributed by atoms with Gasteiger partial charge in [0.1, 0.15) is 24.2 Å². The molecule has 184 valence electrons. The van der Waals surface area contributed by atoms with Gasteiger partial charge < -0.3 is 23.7 Å². The Kier molecular flexibility index (Phi) is 8.11. The average Bonchev–Trinajstić information content (AvgIpc) is 3.14. The molecule has 2 aromatic heterocycles. The van der Waals surface area contributed by atoms with E-state index in [2.05, 4.69) is 16.8 Å². The molecule has 34 heavy (non-hydrogen) atoms. The highest BCUT2D eigenvalue weighted by molar-refractivity contribution is 5.82. The molecule has 0 radical (unpaired) electrons. The summed E-state index contributed by atoms with van der Waals surface area (Å²) in [6.07, 6.45) is 0.658. The maximum atomic E-state index is 12.1. The Morgan fingerprint density at radius 3 is 2.59 bits per heavy atom. The largest absolute Gasteiger partial charge is 0.492 e. The van der Waals surface area contributed by atoms with E-state index in [9.17, 15) is 14.7 Å². The molecule has 0 amide bonds. The van der Waals surface area contributed by atoms with E-state index in [0.29, 0.717) is 24.5 Å². The Morgan fingerprint density at radius 1 is 1.24 bits per heavy atom. The van der Waals surface area contributed by atoms with Crippen LogP contribution in [0.1, 0.15) is 33.3 Å². The van der Waals surface area contributed by atoms with Crippen LogP contribution in [-0.4, -0.2) is 56.6 Å². The summed E-state index contributed by atoms with van der Waals surface area (Å²) in [7, 11) is 1.74. The molecule has 0 unspecified atom stereocenters. The smallest absolute Gasteiger partial charge is 0.326 e. The number of aromatic nitrogens is 3. The van der Waals surface area contributed by atoms with Crippen molar-refractivity contribution in [1.82, 2.24) is 19.4 Å². The molecule has 0 saturated carbocycles. The van der Waals surface area contributed by atoms with Gasteiger partial charge in [-0.05, 0) is 52.8 Å². The lowest BCUT2D eigenvalue weighted by molar-refractivity contribution is -0.152. The van der Waals surface area contributed by atoms with Crippen molar-refractivity contribution >= 4 is 17.0 Å². The van der Waals surface area contributed by atoms with E-state index in [4.69, 9.17) is 14.5 Å². The van der Waals surface area contributed by atoms with Crippen LogP contribution in [0, 0.1) is 6.92 Å². The fourth-order valence-electron chi connectivity index (χ4n) is 3.88. The molecule has 2 heterocycles. The number of aliphatic hydroxyl groups excluding tert-OH is 1. The SMILES string of the molecule is CCn1c(-c2cc(C)c(=O)n(C)c2)nc2cc(OCCN[C@H](C(=O)OC(C)C)[C@H](C)O)ccc21. The van der Waals surface area contributed by atoms with Crippen molar-refractivity contribution in [2.24, 2.45) is 7.05 Å². The summed E-state index contributed by atoms with van der Waals surface area (Å²) in [6, 6.07) is 6.76. The summed E-state index contributed by atoms with van der Waals surface area (Å²) >= 11 is 0. The number of nitrogens with zero attached hydrogens (tertiary/aromatic N) is 3. The summed E-state index contributed by atoms with van der Waals surface area (Å²) in [5.41, 5.74) is 3.28. The molecule has 0 bridgehead atoms. The number of carbonyl (C=O) groups is 1. The molecule has 0 aliphatic rings. The van der Waals surface area contributed by atoms with Crippen LogP contribution in [0.3, 0.4) is 0 Å². The maximum absolute atomic E-state index is 12.1. The fraction of sp³-hybridized carbons (Fsp3) is 0.480. The number of imidazole rings is 1. The van der Waals surface area contributed by atoms with Crippen LogP contribution in [0.15, 0.2) is 35.3 Å². The van der Waals surface area contributed by atoms with E-state index in [1.54, 1.807) is 45.5 Å². The molecule has 0 saturated heterocycles. The summed E-state index contributed by atoms with van der Waals surface area (Å²) in [5, 5.41) is 12.9. The number of esters is 1. The Labute approximate surface area is 199 Å². The third-order valence-electron chi connectivity index (χ3n) is 5.48. The van der Waals surface area contributed by atoms with E-state index in [1.165, 1.54) is 0 Å². The molecule has 9 heteroatoms. The summed E-state index contributed by atoms with van der Waals surface area (Å²) in [6.45, 7) is 10.3. The topological polar surface area (TPSA) is 108 Å². The zero-order valence-corrected chi connectivity index (χ0v) is 20.7. The highest BCUT2D eigenvalue weighted by Crippen LogP contribution is 2.27. The number of hydrogen-bond donors (Lipinski definition) is 2. The van der Waals surface area contributed by atoms with Gasteiger partial charge in [0.05, 0.1) is 23.2 Å². The van der Waals surface area contributed by atoms with Crippen LogP contribution >= 0.6 is 0 Å². The van der Waals surface area contributed by atoms with E-state index < -0.39 is 18.1 Å². The van der Waals surface area contributed by atoms with Crippen molar-refractivity contribution in [3.8, 4) is 17.1 Å². The number of nitrogens with one attached hydrogen (secondary N) is 1. The Hall–Kier alpha value is -3.17. The summed E-state index contributed by atoms with van der Waals surface area (Å²) < 4.78 is 14.7. The van der Waals surface area contributed by atoms with Crippen LogP contribution < -0.4 is 15.6 Å². The van der Waals surface area contributed by atoms with Crippen LogP contribution in [0.25, 0.3) is 22.4 Å². The number of aryl methyl sites for hydroxylation is 3. The highest BCUT2D eigenvalue weighted by Gasteiger charge is 2.25. The molecule has 2 atom stereocenters. The van der Waals surface area contributed by atoms with Crippen LogP contribution in [-0.2, 0) is 23.1 Å². The quantitative estimate of drug-likeness (QED) is 0.346. The van der Waals surface area contributed by atoms with Crippen molar-refractivity contribution in [3.63, 3.8) is 0 Å². The molecule has 9 nitrogen and oxygen atoms in total. The maximum Gasteiger partial charge on any atom is 0.326 e. The van der Waals surface area contributed by atoms with Gasteiger partial charge in [-0.1, -0.05) is 0 Å². The van der Waals surface area contributed by atoms with E-state index in [1.807, 2.05) is 24.3 Å². The van der Waals surface area contributed by atoms with Gasteiger partial charge >= 0.3 is 5.97 Å². The van der Waals surface area contributed by atoms with Gasteiger partial charge in [0.15, 0.2) is 0 Å². The number of hydrogen-bond acceptors (Lipinski definition) is 7. The first-order chi connectivity index (χ1) is 16.1. The minimum absolute atomic E-state index is 0.0255. The van der Waals surface area contributed by atoms with Crippen molar-refractivity contribution < 1.29 is 19.4 Å². The van der Waals surface area contributed by atoms with Crippen molar-refractivity contribution in [2.45, 2.75) is 59.4 Å². The minimum Gasteiger partial charge on any atom is -0.492 e. The number of fused-ring (bicyclic) bond motifs is 1. The first-order valence-corrected chi connectivity index (χ1v) is 11.5. The summed E-state index contributed by atoms with van der Waals surface area (Å²) in [4.78, 5) is 29.0. The van der Waals surface area contributed by atoms with Gasteiger partial charge in [-0.2, -0.15) is 0 Å². The molecule has 0 spiro atoms. The molecule has 0 aliphatic heterocycles. The molecular weight excluding hydrogens is 436 g/mol. The van der Waals surface area contributed by atoms with Crippen molar-refractivity contribution in [2.75, 3.05) is 13.2 Å². The second-order valence-corrected chi connectivity index (χ2v) is 8.66. The lowest BCUT2D eigenvalue weighted by Gasteiger charge is -2.21. The number of aliphatic hydroxyl groups is 1. The normalized spacial score (nSPS) is 13.3. The molecule has 0 aliphatic carbocycles. The van der Waals surface area contributed by atoms with Gasteiger partial charge in [-0.15, -0.1) is 0 Å². The Bertz CT molecular complexity index is 1190. The predicted octanol–water partition coefficient (Wildman–Crippen LogP) is 2.40. The monoisotopic (exact) mass is 470 g/mol. The van der Waals surface area contributed by atoms with Gasteiger partial charge in [-0.25, -0.2) is 4.98 Å². The van der Waals surface area contributed by atoms with Gasteiger partial charge in [0.2, 0.25) is 0 Å². The molecule has 2 N–H and O–H groups in total. The predicted molar refractivity (Wildman–Crippen MR) is 131 cm³/mol. The molecule has 1 aromatic carbocycles. The molecule has 3 rings (SSSR count). The van der Waals surface area contributed by atoms with E-state index in [0.717, 1.165) is 29.0 Å². The second-order valence-electron chi connectivity index (χ2n) is 8.66. The van der Waals surface area contributed by atoms with Crippen molar-refractivity contribution in [3.05, 3.63) is 46.4 Å². The van der Waals surface area contributed by atoms with Crippen LogP contribution in [0.4, 0.5) is 0 Å². The third kappa shape index (κ3) is 5.66. The lowest BCUT2D eigenvalue weighted by Crippen LogP contribution is -2.47. The van der Waals surface area contributed by atoms with Gasteiger partial charge in [0, 0.05) is 43.5 Å². The van der Waals surface area contributed by atoms with Crippen LogP contribution in [0.5, 0.6) is 5.75 Å². The minimum atomic E-state index is -0.889.